The van der Waals surface area contributed by atoms with E-state index in [1.807, 2.05) is 0 Å². The van der Waals surface area contributed by atoms with Crippen molar-refractivity contribution in [2.24, 2.45) is 11.8 Å². The number of nitrogens with zero attached hydrogens (tertiary/aromatic N) is 1. The molecule has 1 aliphatic carbocycles. The Labute approximate surface area is 116 Å². The first-order valence-electron chi connectivity index (χ1n) is 7.04. The molecule has 0 bridgehead atoms. The van der Waals surface area contributed by atoms with Crippen LogP contribution in [-0.4, -0.2) is 20.6 Å². The number of carboxylic acid groups (broad SMARTS) is 1. The van der Waals surface area contributed by atoms with Gasteiger partial charge in [-0.15, -0.1) is 0 Å². The number of aromatic carboxylic acids is 1. The molecule has 1 saturated carbocycles. The molecule has 0 saturated heterocycles. The van der Waals surface area contributed by atoms with E-state index in [-0.39, 0.29) is 5.56 Å². The third kappa shape index (κ3) is 3.37. The summed E-state index contributed by atoms with van der Waals surface area (Å²) in [6, 6.07) is 0. The summed E-state index contributed by atoms with van der Waals surface area (Å²) in [6.07, 6.45) is 6.79. The fraction of sp³-hybridized carbons (Fsp3) is 0.643. The van der Waals surface area contributed by atoms with Crippen molar-refractivity contribution in [3.8, 4) is 0 Å². The lowest BCUT2D eigenvalue weighted by Crippen LogP contribution is -2.33. The quantitative estimate of drug-likeness (QED) is 0.873. The SMILES string of the molecule is CC1CCCC(CCn2cc(C(=O)O)c(=O)[nH]c2=O)C1. The molecule has 0 amide bonds. The molecule has 2 rings (SSSR count). The van der Waals surface area contributed by atoms with E-state index in [2.05, 4.69) is 11.9 Å². The zero-order chi connectivity index (χ0) is 14.7. The highest BCUT2D eigenvalue weighted by atomic mass is 16.4. The van der Waals surface area contributed by atoms with Crippen LogP contribution in [0.25, 0.3) is 0 Å². The fourth-order valence-electron chi connectivity index (χ4n) is 2.97. The minimum atomic E-state index is -1.31. The summed E-state index contributed by atoms with van der Waals surface area (Å²) < 4.78 is 1.30. The number of aromatic nitrogens is 2. The molecule has 1 aromatic rings. The van der Waals surface area contributed by atoms with Crippen molar-refractivity contribution in [3.63, 3.8) is 0 Å². The maximum atomic E-state index is 11.7. The molecule has 2 N–H and O–H groups in total. The molecule has 110 valence electrons. The van der Waals surface area contributed by atoms with E-state index in [0.29, 0.717) is 12.5 Å². The number of rotatable bonds is 4. The predicted molar refractivity (Wildman–Crippen MR) is 74.0 cm³/mol. The summed E-state index contributed by atoms with van der Waals surface area (Å²) in [5.41, 5.74) is -1.77. The standard InChI is InChI=1S/C14H20N2O4/c1-9-3-2-4-10(7-9)5-6-16-8-11(13(18)19)12(17)15-14(16)20/h8-10H,2-7H2,1H3,(H,18,19)(H,15,17,20). The van der Waals surface area contributed by atoms with Gasteiger partial charge in [0.05, 0.1) is 0 Å². The van der Waals surface area contributed by atoms with Crippen molar-refractivity contribution in [2.75, 3.05) is 0 Å². The first kappa shape index (κ1) is 14.6. The van der Waals surface area contributed by atoms with Crippen LogP contribution in [0.15, 0.2) is 15.8 Å². The molecule has 0 spiro atoms. The van der Waals surface area contributed by atoms with Crippen molar-refractivity contribution in [2.45, 2.75) is 45.6 Å². The summed E-state index contributed by atoms with van der Waals surface area (Å²) in [7, 11) is 0. The summed E-state index contributed by atoms with van der Waals surface area (Å²) in [6.45, 7) is 2.69. The van der Waals surface area contributed by atoms with Gasteiger partial charge in [-0.05, 0) is 24.7 Å². The molecule has 2 unspecified atom stereocenters. The Morgan fingerprint density at radius 3 is 2.85 bits per heavy atom. The summed E-state index contributed by atoms with van der Waals surface area (Å²) in [4.78, 5) is 36.0. The number of hydrogen-bond acceptors (Lipinski definition) is 3. The number of aromatic amines is 1. The number of carbonyl (C=O) groups is 1. The van der Waals surface area contributed by atoms with Crippen molar-refractivity contribution in [1.82, 2.24) is 9.55 Å². The molecule has 1 aliphatic rings. The van der Waals surface area contributed by atoms with Gasteiger partial charge in [-0.25, -0.2) is 9.59 Å². The summed E-state index contributed by atoms with van der Waals surface area (Å²) in [5.74, 6) is -0.0206. The van der Waals surface area contributed by atoms with Crippen LogP contribution in [-0.2, 0) is 6.54 Å². The molecular weight excluding hydrogens is 260 g/mol. The molecule has 0 aromatic carbocycles. The summed E-state index contributed by atoms with van der Waals surface area (Å²) in [5, 5.41) is 8.90. The highest BCUT2D eigenvalue weighted by molar-refractivity contribution is 5.86. The maximum Gasteiger partial charge on any atom is 0.342 e. The Hall–Kier alpha value is -1.85. The topological polar surface area (TPSA) is 92.2 Å². The molecule has 1 fully saturated rings. The van der Waals surface area contributed by atoms with Crippen LogP contribution in [0.1, 0.15) is 49.4 Å². The molecule has 0 radical (unpaired) electrons. The minimum Gasteiger partial charge on any atom is -0.477 e. The molecule has 2 atom stereocenters. The van der Waals surface area contributed by atoms with Gasteiger partial charge in [0.15, 0.2) is 0 Å². The second-order valence-corrected chi connectivity index (χ2v) is 5.73. The smallest absolute Gasteiger partial charge is 0.342 e. The van der Waals surface area contributed by atoms with Crippen molar-refractivity contribution < 1.29 is 9.90 Å². The molecule has 6 heteroatoms. The van der Waals surface area contributed by atoms with Crippen LogP contribution in [0, 0.1) is 11.8 Å². The Balaban J connectivity index is 2.09. The van der Waals surface area contributed by atoms with E-state index in [4.69, 9.17) is 5.11 Å². The molecule has 6 nitrogen and oxygen atoms in total. The first-order valence-corrected chi connectivity index (χ1v) is 7.04. The fourth-order valence-corrected chi connectivity index (χ4v) is 2.97. The second kappa shape index (κ2) is 6.07. The van der Waals surface area contributed by atoms with Gasteiger partial charge < -0.3 is 5.11 Å². The van der Waals surface area contributed by atoms with Crippen LogP contribution in [0.5, 0.6) is 0 Å². The van der Waals surface area contributed by atoms with Crippen LogP contribution < -0.4 is 11.2 Å². The summed E-state index contributed by atoms with van der Waals surface area (Å²) >= 11 is 0. The lowest BCUT2D eigenvalue weighted by Gasteiger charge is -2.26. The van der Waals surface area contributed by atoms with Gasteiger partial charge in [-0.2, -0.15) is 0 Å². The Kier molecular flexibility index (Phi) is 4.42. The average Bonchev–Trinajstić information content (AvgIpc) is 2.37. The number of nitrogens with one attached hydrogen (secondary N) is 1. The lowest BCUT2D eigenvalue weighted by molar-refractivity contribution is 0.0693. The highest BCUT2D eigenvalue weighted by Gasteiger charge is 2.19. The van der Waals surface area contributed by atoms with Gasteiger partial charge in [0.2, 0.25) is 0 Å². The van der Waals surface area contributed by atoms with Gasteiger partial charge in [-0.3, -0.25) is 14.3 Å². The number of H-pyrrole nitrogens is 1. The molecule has 0 aliphatic heterocycles. The van der Waals surface area contributed by atoms with Crippen molar-refractivity contribution in [1.29, 1.82) is 0 Å². The Bertz CT molecular complexity index is 602. The molecule has 1 heterocycles. The Morgan fingerprint density at radius 1 is 1.45 bits per heavy atom. The zero-order valence-electron chi connectivity index (χ0n) is 11.6. The predicted octanol–water partition coefficient (Wildman–Crippen LogP) is 1.45. The van der Waals surface area contributed by atoms with Gasteiger partial charge in [0.1, 0.15) is 5.56 Å². The van der Waals surface area contributed by atoms with Crippen molar-refractivity contribution in [3.05, 3.63) is 32.6 Å². The van der Waals surface area contributed by atoms with Gasteiger partial charge in [0.25, 0.3) is 5.56 Å². The third-order valence-corrected chi connectivity index (χ3v) is 4.06. The van der Waals surface area contributed by atoms with E-state index in [1.165, 1.54) is 17.4 Å². The number of hydrogen-bond donors (Lipinski definition) is 2. The number of carboxylic acids is 1. The van der Waals surface area contributed by atoms with E-state index in [0.717, 1.165) is 31.4 Å². The van der Waals surface area contributed by atoms with Crippen LogP contribution >= 0.6 is 0 Å². The van der Waals surface area contributed by atoms with E-state index >= 15 is 0 Å². The third-order valence-electron chi connectivity index (χ3n) is 4.06. The van der Waals surface area contributed by atoms with E-state index in [1.54, 1.807) is 0 Å². The van der Waals surface area contributed by atoms with Crippen LogP contribution in [0.2, 0.25) is 0 Å². The Morgan fingerprint density at radius 2 is 2.20 bits per heavy atom. The van der Waals surface area contributed by atoms with Gasteiger partial charge in [0, 0.05) is 12.7 Å². The first-order chi connectivity index (χ1) is 9.47. The van der Waals surface area contributed by atoms with E-state index < -0.39 is 17.2 Å². The maximum absolute atomic E-state index is 11.7. The van der Waals surface area contributed by atoms with Crippen LogP contribution in [0.4, 0.5) is 0 Å². The van der Waals surface area contributed by atoms with Gasteiger partial charge >= 0.3 is 11.7 Å². The average molecular weight is 280 g/mol. The largest absolute Gasteiger partial charge is 0.477 e. The van der Waals surface area contributed by atoms with Crippen LogP contribution in [0.3, 0.4) is 0 Å². The monoisotopic (exact) mass is 280 g/mol. The number of aryl methyl sites for hydroxylation is 1. The van der Waals surface area contributed by atoms with E-state index in [9.17, 15) is 14.4 Å². The normalized spacial score (nSPS) is 22.6. The molecular formula is C14H20N2O4. The second-order valence-electron chi connectivity index (χ2n) is 5.73. The minimum absolute atomic E-state index is 0.387. The highest BCUT2D eigenvalue weighted by Crippen LogP contribution is 2.30. The lowest BCUT2D eigenvalue weighted by atomic mass is 9.81. The molecule has 1 aromatic heterocycles. The zero-order valence-corrected chi connectivity index (χ0v) is 11.6. The molecule has 20 heavy (non-hydrogen) atoms. The van der Waals surface area contributed by atoms with Crippen molar-refractivity contribution >= 4 is 5.97 Å². The van der Waals surface area contributed by atoms with Gasteiger partial charge in [-0.1, -0.05) is 26.2 Å².